The van der Waals surface area contributed by atoms with Crippen molar-refractivity contribution in [1.82, 2.24) is 0 Å². The zero-order valence-corrected chi connectivity index (χ0v) is 11.5. The Hall–Kier alpha value is -3.28. The molecule has 0 fully saturated rings. The lowest BCUT2D eigenvalue weighted by Gasteiger charge is -2.04. The van der Waals surface area contributed by atoms with Crippen LogP contribution in [0.5, 0.6) is 0 Å². The monoisotopic (exact) mass is 298 g/mol. The standard InChI is InChI=1S/C16H14N2O4/c17-13-7-11(15(19)20)5-3-9(13)1-2-10-4-6-12(16(21)22)8-14(10)18/h1-8H,17-18H2,(H,19,20)(H,21,22)/b2-1+. The Morgan fingerprint density at radius 1 is 0.773 bits per heavy atom. The number of nitrogens with two attached hydrogens (primary N) is 2. The normalized spacial score (nSPS) is 10.7. The second-order valence-corrected chi connectivity index (χ2v) is 4.63. The zero-order valence-electron chi connectivity index (χ0n) is 11.5. The molecule has 0 atom stereocenters. The van der Waals surface area contributed by atoms with Gasteiger partial charge in [0.05, 0.1) is 11.1 Å². The van der Waals surface area contributed by atoms with Crippen molar-refractivity contribution >= 4 is 35.5 Å². The Bertz CT molecular complexity index is 716. The van der Waals surface area contributed by atoms with E-state index in [-0.39, 0.29) is 11.1 Å². The van der Waals surface area contributed by atoms with Gasteiger partial charge in [0.25, 0.3) is 0 Å². The largest absolute Gasteiger partial charge is 0.478 e. The van der Waals surface area contributed by atoms with Gasteiger partial charge in [0.15, 0.2) is 0 Å². The van der Waals surface area contributed by atoms with Gasteiger partial charge in [0.1, 0.15) is 0 Å². The topological polar surface area (TPSA) is 127 Å². The highest BCUT2D eigenvalue weighted by Crippen LogP contribution is 2.21. The number of carbonyl (C=O) groups is 2. The summed E-state index contributed by atoms with van der Waals surface area (Å²) in [6.07, 6.45) is 3.38. The van der Waals surface area contributed by atoms with E-state index in [1.807, 2.05) is 0 Å². The fraction of sp³-hybridized carbons (Fsp3) is 0. The van der Waals surface area contributed by atoms with E-state index in [0.717, 1.165) is 0 Å². The average Bonchev–Trinajstić information content (AvgIpc) is 2.46. The number of rotatable bonds is 4. The van der Waals surface area contributed by atoms with Crippen molar-refractivity contribution in [3.63, 3.8) is 0 Å². The number of anilines is 2. The molecule has 0 unspecified atom stereocenters. The van der Waals surface area contributed by atoms with Crippen LogP contribution in [0.2, 0.25) is 0 Å². The maximum absolute atomic E-state index is 10.8. The van der Waals surface area contributed by atoms with Gasteiger partial charge >= 0.3 is 11.9 Å². The zero-order chi connectivity index (χ0) is 16.3. The van der Waals surface area contributed by atoms with Crippen LogP contribution < -0.4 is 11.5 Å². The average molecular weight is 298 g/mol. The Kier molecular flexibility index (Phi) is 4.13. The maximum atomic E-state index is 10.8. The molecule has 22 heavy (non-hydrogen) atoms. The van der Waals surface area contributed by atoms with Gasteiger partial charge in [-0.3, -0.25) is 0 Å². The van der Waals surface area contributed by atoms with E-state index >= 15 is 0 Å². The van der Waals surface area contributed by atoms with Gasteiger partial charge < -0.3 is 21.7 Å². The molecule has 0 amide bonds. The van der Waals surface area contributed by atoms with Gasteiger partial charge in [-0.05, 0) is 35.4 Å². The Morgan fingerprint density at radius 3 is 1.41 bits per heavy atom. The number of aromatic carboxylic acids is 2. The third-order valence-electron chi connectivity index (χ3n) is 3.11. The molecule has 6 N–H and O–H groups in total. The minimum absolute atomic E-state index is 0.111. The number of hydrogen-bond acceptors (Lipinski definition) is 4. The summed E-state index contributed by atoms with van der Waals surface area (Å²) in [6.45, 7) is 0. The Labute approximate surface area is 126 Å². The molecule has 0 saturated heterocycles. The number of carboxylic acid groups (broad SMARTS) is 2. The summed E-state index contributed by atoms with van der Waals surface area (Å²) < 4.78 is 0. The van der Waals surface area contributed by atoms with Crippen LogP contribution in [0.3, 0.4) is 0 Å². The highest BCUT2D eigenvalue weighted by molar-refractivity contribution is 5.92. The quantitative estimate of drug-likeness (QED) is 0.507. The van der Waals surface area contributed by atoms with Crippen molar-refractivity contribution in [2.45, 2.75) is 0 Å². The molecule has 0 saturated carbocycles. The van der Waals surface area contributed by atoms with E-state index in [1.165, 1.54) is 24.3 Å². The van der Waals surface area contributed by atoms with Crippen LogP contribution in [-0.4, -0.2) is 22.2 Å². The summed E-state index contributed by atoms with van der Waals surface area (Å²) in [6, 6.07) is 8.84. The third-order valence-corrected chi connectivity index (χ3v) is 3.11. The molecule has 0 aromatic heterocycles. The highest BCUT2D eigenvalue weighted by atomic mass is 16.4. The first-order valence-electron chi connectivity index (χ1n) is 6.32. The fourth-order valence-corrected chi connectivity index (χ4v) is 1.90. The van der Waals surface area contributed by atoms with Crippen LogP contribution in [0.15, 0.2) is 36.4 Å². The van der Waals surface area contributed by atoms with E-state index in [0.29, 0.717) is 22.5 Å². The highest BCUT2D eigenvalue weighted by Gasteiger charge is 2.06. The molecule has 2 rings (SSSR count). The molecule has 0 heterocycles. The number of hydrogen-bond donors (Lipinski definition) is 4. The first kappa shape index (κ1) is 15.1. The molecular weight excluding hydrogens is 284 g/mol. The molecule has 2 aromatic rings. The van der Waals surface area contributed by atoms with Crippen molar-refractivity contribution in [3.8, 4) is 0 Å². The summed E-state index contributed by atoms with van der Waals surface area (Å²) >= 11 is 0. The lowest BCUT2D eigenvalue weighted by atomic mass is 10.1. The van der Waals surface area contributed by atoms with Gasteiger partial charge in [-0.15, -0.1) is 0 Å². The van der Waals surface area contributed by atoms with E-state index in [9.17, 15) is 9.59 Å². The number of carboxylic acids is 2. The molecule has 0 aliphatic rings. The molecule has 6 nitrogen and oxygen atoms in total. The van der Waals surface area contributed by atoms with Gasteiger partial charge in [-0.25, -0.2) is 9.59 Å². The molecule has 6 heteroatoms. The van der Waals surface area contributed by atoms with E-state index < -0.39 is 11.9 Å². The van der Waals surface area contributed by atoms with Crippen molar-refractivity contribution in [1.29, 1.82) is 0 Å². The molecule has 0 bridgehead atoms. The molecular formula is C16H14N2O4. The van der Waals surface area contributed by atoms with Crippen molar-refractivity contribution in [2.75, 3.05) is 11.5 Å². The summed E-state index contributed by atoms with van der Waals surface area (Å²) in [5.41, 5.74) is 13.8. The second kappa shape index (κ2) is 6.01. The van der Waals surface area contributed by atoms with Crippen LogP contribution in [0, 0.1) is 0 Å². The van der Waals surface area contributed by atoms with Gasteiger partial charge in [-0.2, -0.15) is 0 Å². The number of benzene rings is 2. The maximum Gasteiger partial charge on any atom is 0.335 e. The van der Waals surface area contributed by atoms with E-state index in [1.54, 1.807) is 24.3 Å². The van der Waals surface area contributed by atoms with Crippen molar-refractivity contribution in [3.05, 3.63) is 58.7 Å². The summed E-state index contributed by atoms with van der Waals surface area (Å²) in [4.78, 5) is 21.7. The minimum atomic E-state index is -1.05. The minimum Gasteiger partial charge on any atom is -0.478 e. The predicted octanol–water partition coefficient (Wildman–Crippen LogP) is 2.42. The molecule has 2 aromatic carbocycles. The van der Waals surface area contributed by atoms with Crippen LogP contribution in [-0.2, 0) is 0 Å². The first-order valence-corrected chi connectivity index (χ1v) is 6.32. The predicted molar refractivity (Wildman–Crippen MR) is 84.6 cm³/mol. The van der Waals surface area contributed by atoms with Crippen LogP contribution in [0.1, 0.15) is 31.8 Å². The molecule has 112 valence electrons. The van der Waals surface area contributed by atoms with Gasteiger partial charge in [-0.1, -0.05) is 24.3 Å². The Morgan fingerprint density at radius 2 is 1.14 bits per heavy atom. The molecule has 0 radical (unpaired) electrons. The van der Waals surface area contributed by atoms with Gasteiger partial charge in [0.2, 0.25) is 0 Å². The smallest absolute Gasteiger partial charge is 0.335 e. The number of nitrogen functional groups attached to an aromatic ring is 2. The van der Waals surface area contributed by atoms with Crippen molar-refractivity contribution < 1.29 is 19.8 Å². The molecule has 0 aliphatic carbocycles. The fourth-order valence-electron chi connectivity index (χ4n) is 1.90. The summed E-state index contributed by atoms with van der Waals surface area (Å²) in [5.74, 6) is -2.09. The summed E-state index contributed by atoms with van der Waals surface area (Å²) in [7, 11) is 0. The van der Waals surface area contributed by atoms with E-state index in [4.69, 9.17) is 21.7 Å². The van der Waals surface area contributed by atoms with Crippen LogP contribution >= 0.6 is 0 Å². The Balaban J connectivity index is 2.29. The van der Waals surface area contributed by atoms with Crippen LogP contribution in [0.25, 0.3) is 12.2 Å². The molecule has 0 spiro atoms. The SMILES string of the molecule is Nc1cc(C(=O)O)ccc1/C=C/c1ccc(C(=O)O)cc1N. The molecule has 0 aliphatic heterocycles. The van der Waals surface area contributed by atoms with Crippen LogP contribution in [0.4, 0.5) is 11.4 Å². The second-order valence-electron chi connectivity index (χ2n) is 4.63. The third kappa shape index (κ3) is 3.24. The van der Waals surface area contributed by atoms with Crippen molar-refractivity contribution in [2.24, 2.45) is 0 Å². The lowest BCUT2D eigenvalue weighted by Crippen LogP contribution is -1.99. The lowest BCUT2D eigenvalue weighted by molar-refractivity contribution is 0.0686. The summed E-state index contributed by atoms with van der Waals surface area (Å²) in [5, 5.41) is 17.8. The first-order chi connectivity index (χ1) is 10.4. The van der Waals surface area contributed by atoms with Gasteiger partial charge in [0, 0.05) is 11.4 Å². The van der Waals surface area contributed by atoms with E-state index in [2.05, 4.69) is 0 Å².